The third-order valence-electron chi connectivity index (χ3n) is 3.77. The minimum absolute atomic E-state index is 0. The molecule has 0 amide bonds. The van der Waals surface area contributed by atoms with Gasteiger partial charge in [0.15, 0.2) is 0 Å². The zero-order valence-corrected chi connectivity index (χ0v) is 13.1. The third-order valence-corrected chi connectivity index (χ3v) is 3.77. The predicted octanol–water partition coefficient (Wildman–Crippen LogP) is 3.55. The van der Waals surface area contributed by atoms with Gasteiger partial charge in [-0.25, -0.2) is 0 Å². The number of fused-ring (bicyclic) bond motifs is 2. The fourth-order valence-corrected chi connectivity index (χ4v) is 2.70. The van der Waals surface area contributed by atoms with Gasteiger partial charge in [-0.15, -0.1) is 24.8 Å². The molecule has 1 aromatic heterocycles. The Kier molecular flexibility index (Phi) is 6.06. The van der Waals surface area contributed by atoms with Crippen molar-refractivity contribution in [2.24, 2.45) is 0 Å². The summed E-state index contributed by atoms with van der Waals surface area (Å²) in [6, 6.07) is 7.83. The number of para-hydroxylation sites is 1. The minimum atomic E-state index is 0. The number of hydrogen-bond acceptors (Lipinski definition) is 3. The summed E-state index contributed by atoms with van der Waals surface area (Å²) in [5.41, 5.74) is 2.99. The molecule has 1 aliphatic rings. The van der Waals surface area contributed by atoms with Gasteiger partial charge in [0.2, 0.25) is 0 Å². The summed E-state index contributed by atoms with van der Waals surface area (Å²) in [5, 5.41) is 11.3. The zero-order valence-electron chi connectivity index (χ0n) is 11.5. The molecule has 0 spiro atoms. The van der Waals surface area contributed by atoms with Crippen molar-refractivity contribution in [3.05, 3.63) is 35.5 Å². The molecule has 0 saturated carbocycles. The lowest BCUT2D eigenvalue weighted by atomic mass is 10.1. The van der Waals surface area contributed by atoms with E-state index in [4.69, 9.17) is 4.98 Å². The quantitative estimate of drug-likeness (QED) is 0.874. The zero-order chi connectivity index (χ0) is 12.5. The van der Waals surface area contributed by atoms with Crippen LogP contribution in [0.4, 0.5) is 0 Å². The number of pyridine rings is 1. The average molecular weight is 315 g/mol. The average Bonchev–Trinajstić information content (AvgIpc) is 2.61. The monoisotopic (exact) mass is 314 g/mol. The molecule has 0 bridgehead atoms. The van der Waals surface area contributed by atoms with Crippen LogP contribution in [0.25, 0.3) is 10.9 Å². The van der Waals surface area contributed by atoms with Gasteiger partial charge in [0.1, 0.15) is 5.75 Å². The first-order valence-corrected chi connectivity index (χ1v) is 6.61. The Morgan fingerprint density at radius 2 is 2.00 bits per heavy atom. The van der Waals surface area contributed by atoms with Gasteiger partial charge in [0.05, 0.1) is 5.52 Å². The Labute approximate surface area is 131 Å². The summed E-state index contributed by atoms with van der Waals surface area (Å²) in [6.07, 6.45) is 2.08. The van der Waals surface area contributed by atoms with E-state index in [0.29, 0.717) is 5.75 Å². The van der Waals surface area contributed by atoms with Crippen molar-refractivity contribution >= 4 is 35.7 Å². The molecular weight excluding hydrogens is 295 g/mol. The highest BCUT2D eigenvalue weighted by Gasteiger charge is 2.19. The molecule has 0 aliphatic carbocycles. The molecule has 1 aliphatic heterocycles. The van der Waals surface area contributed by atoms with E-state index < -0.39 is 0 Å². The summed E-state index contributed by atoms with van der Waals surface area (Å²) in [4.78, 5) is 7.08. The van der Waals surface area contributed by atoms with Crippen LogP contribution < -0.4 is 0 Å². The van der Waals surface area contributed by atoms with Gasteiger partial charge in [0, 0.05) is 23.2 Å². The molecule has 1 aromatic carbocycles. The Balaban J connectivity index is 0.000001000. The molecule has 3 nitrogen and oxygen atoms in total. The van der Waals surface area contributed by atoms with E-state index >= 15 is 0 Å². The van der Waals surface area contributed by atoms with Gasteiger partial charge in [0.25, 0.3) is 0 Å². The maximum Gasteiger partial charge on any atom is 0.131 e. The molecule has 0 fully saturated rings. The summed E-state index contributed by atoms with van der Waals surface area (Å²) < 4.78 is 0. The second-order valence-corrected chi connectivity index (χ2v) is 4.88. The highest BCUT2D eigenvalue weighted by molar-refractivity contribution is 5.86. The number of aromatic nitrogens is 1. The van der Waals surface area contributed by atoms with Crippen molar-refractivity contribution in [2.75, 3.05) is 13.1 Å². The molecule has 110 valence electrons. The molecular formula is C15H20Cl2N2O. The van der Waals surface area contributed by atoms with E-state index in [-0.39, 0.29) is 24.8 Å². The second-order valence-electron chi connectivity index (χ2n) is 4.88. The molecule has 2 aromatic rings. The summed E-state index contributed by atoms with van der Waals surface area (Å²) in [7, 11) is 0. The Bertz CT molecular complexity index is 589. The number of aromatic hydroxyl groups is 1. The van der Waals surface area contributed by atoms with Crippen LogP contribution in [0.3, 0.4) is 0 Å². The molecule has 0 unspecified atom stereocenters. The van der Waals surface area contributed by atoms with E-state index in [1.807, 2.05) is 24.3 Å². The van der Waals surface area contributed by atoms with Crippen LogP contribution in [0.2, 0.25) is 0 Å². The summed E-state index contributed by atoms with van der Waals surface area (Å²) in [6.45, 7) is 5.08. The standard InChI is InChI=1S/C15H18N2O.2ClH/c1-2-17-9-5-8-14-12(10-17)15(18)11-6-3-4-7-13(11)16-14;;/h3-4,6-7H,2,5,8-10H2,1H3,(H,16,18);2*1H. The highest BCUT2D eigenvalue weighted by atomic mass is 35.5. The van der Waals surface area contributed by atoms with Crippen LogP contribution in [0.1, 0.15) is 24.6 Å². The third kappa shape index (κ3) is 3.00. The SMILES string of the molecule is CCN1CCCc2nc3ccccc3c(O)c2C1.Cl.Cl. The molecule has 1 N–H and O–H groups in total. The van der Waals surface area contributed by atoms with Crippen LogP contribution in [-0.2, 0) is 13.0 Å². The lowest BCUT2D eigenvalue weighted by Crippen LogP contribution is -2.22. The van der Waals surface area contributed by atoms with Gasteiger partial charge in [-0.1, -0.05) is 19.1 Å². The first kappa shape index (κ1) is 17.0. The van der Waals surface area contributed by atoms with Gasteiger partial charge >= 0.3 is 0 Å². The number of hydrogen-bond donors (Lipinski definition) is 1. The van der Waals surface area contributed by atoms with Gasteiger partial charge in [-0.3, -0.25) is 9.88 Å². The maximum absolute atomic E-state index is 10.5. The smallest absolute Gasteiger partial charge is 0.131 e. The van der Waals surface area contributed by atoms with Crippen molar-refractivity contribution in [1.82, 2.24) is 9.88 Å². The second kappa shape index (κ2) is 7.11. The molecule has 2 heterocycles. The number of halogens is 2. The van der Waals surface area contributed by atoms with E-state index in [0.717, 1.165) is 54.6 Å². The molecule has 0 saturated heterocycles. The van der Waals surface area contributed by atoms with Crippen LogP contribution in [0.15, 0.2) is 24.3 Å². The number of rotatable bonds is 1. The Morgan fingerprint density at radius 3 is 2.75 bits per heavy atom. The first-order valence-electron chi connectivity index (χ1n) is 6.61. The molecule has 3 rings (SSSR count). The molecule has 0 atom stereocenters. The Morgan fingerprint density at radius 1 is 1.25 bits per heavy atom. The maximum atomic E-state index is 10.5. The largest absolute Gasteiger partial charge is 0.507 e. The lowest BCUT2D eigenvalue weighted by molar-refractivity contribution is 0.281. The van der Waals surface area contributed by atoms with Crippen molar-refractivity contribution < 1.29 is 5.11 Å². The first-order chi connectivity index (χ1) is 8.79. The normalized spacial score (nSPS) is 14.8. The topological polar surface area (TPSA) is 36.4 Å². The number of nitrogens with zero attached hydrogens (tertiary/aromatic N) is 2. The molecule has 5 heteroatoms. The number of benzene rings is 1. The van der Waals surface area contributed by atoms with Gasteiger partial charge in [-0.2, -0.15) is 0 Å². The fourth-order valence-electron chi connectivity index (χ4n) is 2.70. The fraction of sp³-hybridized carbons (Fsp3) is 0.400. The van der Waals surface area contributed by atoms with Gasteiger partial charge < -0.3 is 5.11 Å². The van der Waals surface area contributed by atoms with E-state index in [1.54, 1.807) is 0 Å². The van der Waals surface area contributed by atoms with Crippen LogP contribution in [-0.4, -0.2) is 28.1 Å². The van der Waals surface area contributed by atoms with Crippen LogP contribution in [0.5, 0.6) is 5.75 Å². The van der Waals surface area contributed by atoms with Crippen molar-refractivity contribution in [1.29, 1.82) is 0 Å². The van der Waals surface area contributed by atoms with Gasteiger partial charge in [-0.05, 0) is 38.1 Å². The van der Waals surface area contributed by atoms with Crippen molar-refractivity contribution in [3.63, 3.8) is 0 Å². The van der Waals surface area contributed by atoms with Crippen LogP contribution in [0, 0.1) is 0 Å². The van der Waals surface area contributed by atoms with Crippen LogP contribution >= 0.6 is 24.8 Å². The highest BCUT2D eigenvalue weighted by Crippen LogP contribution is 2.32. The van der Waals surface area contributed by atoms with E-state index in [2.05, 4.69) is 11.8 Å². The summed E-state index contributed by atoms with van der Waals surface area (Å²) in [5.74, 6) is 0.427. The predicted molar refractivity (Wildman–Crippen MR) is 87.2 cm³/mol. The minimum Gasteiger partial charge on any atom is -0.507 e. The molecule has 20 heavy (non-hydrogen) atoms. The van der Waals surface area contributed by atoms with Crippen molar-refractivity contribution in [3.8, 4) is 5.75 Å². The summed E-state index contributed by atoms with van der Waals surface area (Å²) >= 11 is 0. The number of aryl methyl sites for hydroxylation is 1. The van der Waals surface area contributed by atoms with Crippen molar-refractivity contribution in [2.45, 2.75) is 26.3 Å². The van der Waals surface area contributed by atoms with E-state index in [9.17, 15) is 5.11 Å². The molecule has 0 radical (unpaired) electrons. The van der Waals surface area contributed by atoms with E-state index in [1.165, 1.54) is 0 Å². The Hall–Kier alpha value is -1.03. The lowest BCUT2D eigenvalue weighted by Gasteiger charge is -2.18.